The number of hydrogen-bond acceptors (Lipinski definition) is 3. The summed E-state index contributed by atoms with van der Waals surface area (Å²) in [5.41, 5.74) is 1.49. The van der Waals surface area contributed by atoms with Crippen molar-refractivity contribution in [2.75, 3.05) is 7.11 Å². The Labute approximate surface area is 127 Å². The van der Waals surface area contributed by atoms with Crippen LogP contribution in [0.2, 0.25) is 0 Å². The highest BCUT2D eigenvalue weighted by Gasteiger charge is 2.07. The molecule has 0 fully saturated rings. The van der Waals surface area contributed by atoms with Crippen LogP contribution < -0.4 is 10.9 Å². The summed E-state index contributed by atoms with van der Waals surface area (Å²) in [6.07, 6.45) is 1.01. The van der Waals surface area contributed by atoms with Crippen molar-refractivity contribution in [1.29, 1.82) is 0 Å². The Balaban J connectivity index is 1.99. The highest BCUT2D eigenvalue weighted by atomic mass is 19.1. The van der Waals surface area contributed by atoms with Crippen LogP contribution in [0.5, 0.6) is 0 Å². The van der Waals surface area contributed by atoms with Gasteiger partial charge in [0.15, 0.2) is 0 Å². The normalized spacial score (nSPS) is 10.5. The van der Waals surface area contributed by atoms with Crippen molar-refractivity contribution in [3.63, 3.8) is 0 Å². The molecule has 0 spiro atoms. The van der Waals surface area contributed by atoms with Crippen LogP contribution in [0.15, 0.2) is 47.4 Å². The van der Waals surface area contributed by atoms with Gasteiger partial charge >= 0.3 is 0 Å². The molecule has 0 unspecified atom stereocenters. The Hall–Kier alpha value is -2.47. The van der Waals surface area contributed by atoms with E-state index in [0.717, 1.165) is 34.0 Å². The van der Waals surface area contributed by atoms with Crippen molar-refractivity contribution in [3.8, 4) is 0 Å². The Kier molecular flexibility index (Phi) is 5.43. The molecule has 116 valence electrons. The zero-order chi connectivity index (χ0) is 15.9. The molecule has 0 aliphatic heterocycles. The number of amides is 1. The van der Waals surface area contributed by atoms with Gasteiger partial charge in [-0.1, -0.05) is 24.3 Å². The van der Waals surface area contributed by atoms with E-state index in [0.29, 0.717) is 13.2 Å². The summed E-state index contributed by atoms with van der Waals surface area (Å²) in [5.74, 6) is -0.919. The number of halogens is 1. The lowest BCUT2D eigenvalue weighted by molar-refractivity contribution is -0.121. The lowest BCUT2D eigenvalue weighted by Gasteiger charge is -2.11. The quantitative estimate of drug-likeness (QED) is 0.879. The molecule has 0 aliphatic rings. The minimum absolute atomic E-state index is 0.219. The largest absolute Gasteiger partial charge is 0.380 e. The third-order valence-corrected chi connectivity index (χ3v) is 3.16. The minimum atomic E-state index is -0.558. The summed E-state index contributed by atoms with van der Waals surface area (Å²) in [6, 6.07) is 9.74. The number of carbonyl (C=O) groups excluding carboxylic acids is 1. The first-order valence-corrected chi connectivity index (χ1v) is 6.78. The molecule has 0 radical (unpaired) electrons. The maximum Gasteiger partial charge on any atom is 0.251 e. The van der Waals surface area contributed by atoms with Crippen LogP contribution in [0.4, 0.5) is 4.39 Å². The highest BCUT2D eigenvalue weighted by Crippen LogP contribution is 2.09. The Morgan fingerprint density at radius 2 is 1.95 bits per heavy atom. The molecule has 6 heteroatoms. The molecular formula is C16H17FN2O3. The first-order valence-electron chi connectivity index (χ1n) is 6.78. The van der Waals surface area contributed by atoms with Crippen LogP contribution in [0.25, 0.3) is 0 Å². The van der Waals surface area contributed by atoms with E-state index in [-0.39, 0.29) is 12.5 Å². The SMILES string of the molecule is COCc1ccccc1CNC(=O)Cn1cc(F)ccc1=O. The predicted molar refractivity (Wildman–Crippen MR) is 79.7 cm³/mol. The zero-order valence-corrected chi connectivity index (χ0v) is 12.2. The summed E-state index contributed by atoms with van der Waals surface area (Å²) < 4.78 is 19.2. The van der Waals surface area contributed by atoms with Crippen LogP contribution in [0, 0.1) is 5.82 Å². The summed E-state index contributed by atoms with van der Waals surface area (Å²) in [4.78, 5) is 23.4. The van der Waals surface area contributed by atoms with Gasteiger partial charge in [0, 0.05) is 25.9 Å². The van der Waals surface area contributed by atoms with E-state index in [1.165, 1.54) is 0 Å². The van der Waals surface area contributed by atoms with Crippen molar-refractivity contribution >= 4 is 5.91 Å². The monoisotopic (exact) mass is 304 g/mol. The molecule has 1 aromatic heterocycles. The fourth-order valence-electron chi connectivity index (χ4n) is 2.06. The molecule has 1 aromatic carbocycles. The van der Waals surface area contributed by atoms with Crippen molar-refractivity contribution in [2.24, 2.45) is 0 Å². The van der Waals surface area contributed by atoms with Crippen LogP contribution in [0.1, 0.15) is 11.1 Å². The average Bonchev–Trinajstić information content (AvgIpc) is 2.50. The predicted octanol–water partition coefficient (Wildman–Crippen LogP) is 1.45. The van der Waals surface area contributed by atoms with Crippen LogP contribution in [0.3, 0.4) is 0 Å². The van der Waals surface area contributed by atoms with Crippen molar-refractivity contribution in [1.82, 2.24) is 9.88 Å². The van der Waals surface area contributed by atoms with Crippen LogP contribution in [-0.4, -0.2) is 17.6 Å². The second kappa shape index (κ2) is 7.51. The molecule has 22 heavy (non-hydrogen) atoms. The van der Waals surface area contributed by atoms with Crippen LogP contribution >= 0.6 is 0 Å². The fraction of sp³-hybridized carbons (Fsp3) is 0.250. The van der Waals surface area contributed by atoms with Crippen molar-refractivity contribution < 1.29 is 13.9 Å². The molecule has 1 amide bonds. The number of rotatable bonds is 6. The lowest BCUT2D eigenvalue weighted by Crippen LogP contribution is -2.31. The topological polar surface area (TPSA) is 60.3 Å². The number of pyridine rings is 1. The van der Waals surface area contributed by atoms with Gasteiger partial charge in [-0.05, 0) is 17.2 Å². The number of benzene rings is 1. The van der Waals surface area contributed by atoms with Gasteiger partial charge in [-0.2, -0.15) is 0 Å². The first kappa shape index (κ1) is 15.9. The number of methoxy groups -OCH3 is 1. The third kappa shape index (κ3) is 4.26. The molecule has 0 atom stereocenters. The second-order valence-electron chi connectivity index (χ2n) is 4.79. The van der Waals surface area contributed by atoms with E-state index in [4.69, 9.17) is 4.74 Å². The van der Waals surface area contributed by atoms with E-state index < -0.39 is 11.4 Å². The Morgan fingerprint density at radius 1 is 1.23 bits per heavy atom. The summed E-state index contributed by atoms with van der Waals surface area (Å²) in [5, 5.41) is 2.72. The van der Waals surface area contributed by atoms with Gasteiger partial charge < -0.3 is 14.6 Å². The van der Waals surface area contributed by atoms with E-state index >= 15 is 0 Å². The van der Waals surface area contributed by atoms with Gasteiger partial charge in [-0.3, -0.25) is 9.59 Å². The molecule has 1 N–H and O–H groups in total. The Bertz CT molecular complexity index is 713. The summed E-state index contributed by atoms with van der Waals surface area (Å²) >= 11 is 0. The summed E-state index contributed by atoms with van der Waals surface area (Å²) in [7, 11) is 1.60. The maximum absolute atomic E-state index is 13.1. The molecule has 5 nitrogen and oxygen atoms in total. The maximum atomic E-state index is 13.1. The van der Waals surface area contributed by atoms with Crippen LogP contribution in [-0.2, 0) is 29.2 Å². The van der Waals surface area contributed by atoms with E-state index in [9.17, 15) is 14.0 Å². The number of nitrogens with one attached hydrogen (secondary N) is 1. The number of aromatic nitrogens is 1. The molecular weight excluding hydrogens is 287 g/mol. The smallest absolute Gasteiger partial charge is 0.251 e. The van der Waals surface area contributed by atoms with Gasteiger partial charge in [0.05, 0.1) is 6.61 Å². The van der Waals surface area contributed by atoms with E-state index in [1.807, 2.05) is 24.3 Å². The summed E-state index contributed by atoms with van der Waals surface area (Å²) in [6.45, 7) is 0.556. The molecule has 0 bridgehead atoms. The molecule has 2 rings (SSSR count). The molecule has 2 aromatic rings. The Morgan fingerprint density at radius 3 is 2.68 bits per heavy atom. The van der Waals surface area contributed by atoms with E-state index in [2.05, 4.69) is 5.32 Å². The molecule has 0 aliphatic carbocycles. The van der Waals surface area contributed by atoms with Crippen molar-refractivity contribution in [2.45, 2.75) is 19.7 Å². The average molecular weight is 304 g/mol. The van der Waals surface area contributed by atoms with Gasteiger partial charge in [0.2, 0.25) is 5.91 Å². The van der Waals surface area contributed by atoms with Gasteiger partial charge in [0.1, 0.15) is 12.4 Å². The first-order chi connectivity index (χ1) is 10.6. The van der Waals surface area contributed by atoms with Gasteiger partial charge in [-0.25, -0.2) is 4.39 Å². The third-order valence-electron chi connectivity index (χ3n) is 3.16. The number of carbonyl (C=O) groups is 1. The molecule has 0 saturated heterocycles. The lowest BCUT2D eigenvalue weighted by atomic mass is 10.1. The van der Waals surface area contributed by atoms with E-state index in [1.54, 1.807) is 7.11 Å². The van der Waals surface area contributed by atoms with Gasteiger partial charge in [0.25, 0.3) is 5.56 Å². The fourth-order valence-corrected chi connectivity index (χ4v) is 2.06. The zero-order valence-electron chi connectivity index (χ0n) is 12.2. The molecule has 1 heterocycles. The molecule has 0 saturated carbocycles. The highest BCUT2D eigenvalue weighted by molar-refractivity contribution is 5.75. The second-order valence-corrected chi connectivity index (χ2v) is 4.79. The van der Waals surface area contributed by atoms with Crippen molar-refractivity contribution in [3.05, 3.63) is 69.9 Å². The number of ether oxygens (including phenoxy) is 1. The number of hydrogen-bond donors (Lipinski definition) is 1. The van der Waals surface area contributed by atoms with Gasteiger partial charge in [-0.15, -0.1) is 0 Å². The standard InChI is InChI=1S/C16H17FN2O3/c1-22-11-13-5-3-2-4-12(13)8-18-15(20)10-19-9-14(17)6-7-16(19)21/h2-7,9H,8,10-11H2,1H3,(H,18,20). The minimum Gasteiger partial charge on any atom is -0.380 e. The number of nitrogens with zero attached hydrogens (tertiary/aromatic N) is 1.